The summed E-state index contributed by atoms with van der Waals surface area (Å²) in [6.45, 7) is 1.51. The average Bonchev–Trinajstić information content (AvgIpc) is 2.29. The second kappa shape index (κ2) is 5.62. The maximum absolute atomic E-state index is 13.1. The van der Waals surface area contributed by atoms with Crippen molar-refractivity contribution in [3.8, 4) is 0 Å². The molecule has 1 amide bonds. The largest absolute Gasteiger partial charge is 0.389 e. The van der Waals surface area contributed by atoms with E-state index in [1.54, 1.807) is 0 Å². The molecule has 19 heavy (non-hydrogen) atoms. The van der Waals surface area contributed by atoms with Gasteiger partial charge in [0.15, 0.2) is 0 Å². The van der Waals surface area contributed by atoms with Crippen LogP contribution in [0.25, 0.3) is 0 Å². The Hall–Kier alpha value is -1.54. The Morgan fingerprint density at radius 1 is 1.58 bits per heavy atom. The summed E-state index contributed by atoms with van der Waals surface area (Å²) in [6.07, 6.45) is 0.828. The van der Waals surface area contributed by atoms with Crippen molar-refractivity contribution in [3.05, 3.63) is 29.6 Å². The molecule has 5 nitrogen and oxygen atoms in total. The third kappa shape index (κ3) is 3.48. The van der Waals surface area contributed by atoms with Crippen LogP contribution in [-0.2, 0) is 14.8 Å². The molecule has 0 heterocycles. The van der Waals surface area contributed by atoms with Crippen molar-refractivity contribution in [2.75, 3.05) is 10.6 Å². The number of amides is 1. The van der Waals surface area contributed by atoms with Crippen molar-refractivity contribution in [1.82, 2.24) is 0 Å². The summed E-state index contributed by atoms with van der Waals surface area (Å²) in [6, 6.07) is 4.17. The van der Waals surface area contributed by atoms with Gasteiger partial charge in [0.05, 0.1) is 11.9 Å². The lowest BCUT2D eigenvalue weighted by atomic mass is 10.1. The summed E-state index contributed by atoms with van der Waals surface area (Å²) >= 11 is 4.74. The summed E-state index contributed by atoms with van der Waals surface area (Å²) in [5.74, 6) is -1.41. The third-order valence-corrected chi connectivity index (χ3v) is 3.52. The van der Waals surface area contributed by atoms with Crippen molar-refractivity contribution < 1.29 is 17.6 Å². The molecule has 0 aliphatic rings. The SMILES string of the molecule is CCC(=O)N(c1c[c]c(F)cc1C(N)=S)S(C)(=O)=O. The zero-order valence-corrected chi connectivity index (χ0v) is 11.9. The molecule has 8 heteroatoms. The monoisotopic (exact) mass is 303 g/mol. The molecule has 0 saturated carbocycles. The van der Waals surface area contributed by atoms with Crippen LogP contribution in [0.5, 0.6) is 0 Å². The van der Waals surface area contributed by atoms with Gasteiger partial charge < -0.3 is 5.73 Å². The minimum atomic E-state index is -3.87. The van der Waals surface area contributed by atoms with Crippen LogP contribution in [-0.4, -0.2) is 25.6 Å². The summed E-state index contributed by atoms with van der Waals surface area (Å²) in [4.78, 5) is 11.6. The van der Waals surface area contributed by atoms with E-state index in [4.69, 9.17) is 18.0 Å². The van der Waals surface area contributed by atoms with Crippen LogP contribution in [0.15, 0.2) is 12.1 Å². The normalized spacial score (nSPS) is 11.1. The first-order valence-corrected chi connectivity index (χ1v) is 7.48. The van der Waals surface area contributed by atoms with E-state index in [0.717, 1.165) is 18.4 Å². The summed E-state index contributed by atoms with van der Waals surface area (Å²) in [5, 5.41) is 0. The number of anilines is 1. The van der Waals surface area contributed by atoms with Gasteiger partial charge in [-0.3, -0.25) is 4.79 Å². The van der Waals surface area contributed by atoms with Gasteiger partial charge in [0.1, 0.15) is 10.8 Å². The first-order valence-electron chi connectivity index (χ1n) is 5.22. The molecule has 0 bridgehead atoms. The molecule has 0 fully saturated rings. The van der Waals surface area contributed by atoms with Gasteiger partial charge in [-0.15, -0.1) is 0 Å². The standard InChI is InChI=1S/C11H12FN2O3S2/c1-3-10(15)14(19(2,16)17)9-5-4-7(12)6-8(9)11(13)18/h5-6H,3H2,1-2H3,(H2,13,18). The number of hydrogen-bond acceptors (Lipinski definition) is 4. The van der Waals surface area contributed by atoms with E-state index in [-0.39, 0.29) is 22.7 Å². The van der Waals surface area contributed by atoms with Gasteiger partial charge in [-0.25, -0.2) is 17.1 Å². The topological polar surface area (TPSA) is 80.5 Å². The average molecular weight is 303 g/mol. The molecule has 0 atom stereocenters. The van der Waals surface area contributed by atoms with Crippen LogP contribution < -0.4 is 10.0 Å². The maximum Gasteiger partial charge on any atom is 0.240 e. The van der Waals surface area contributed by atoms with Crippen LogP contribution in [0.2, 0.25) is 0 Å². The lowest BCUT2D eigenvalue weighted by Gasteiger charge is -2.22. The van der Waals surface area contributed by atoms with Crippen LogP contribution in [0, 0.1) is 11.9 Å². The van der Waals surface area contributed by atoms with E-state index in [0.29, 0.717) is 4.31 Å². The lowest BCUT2D eigenvalue weighted by molar-refractivity contribution is -0.117. The van der Waals surface area contributed by atoms with Crippen LogP contribution >= 0.6 is 12.2 Å². The summed E-state index contributed by atoms with van der Waals surface area (Å²) in [5.41, 5.74) is 5.30. The highest BCUT2D eigenvalue weighted by Crippen LogP contribution is 2.24. The molecule has 1 rings (SSSR count). The third-order valence-electron chi connectivity index (χ3n) is 2.24. The fraction of sp³-hybridized carbons (Fsp3) is 0.273. The van der Waals surface area contributed by atoms with Crippen molar-refractivity contribution in [2.24, 2.45) is 5.73 Å². The molecule has 1 aromatic rings. The van der Waals surface area contributed by atoms with Gasteiger partial charge in [-0.1, -0.05) is 19.1 Å². The van der Waals surface area contributed by atoms with Crippen LogP contribution in [0.1, 0.15) is 18.9 Å². The van der Waals surface area contributed by atoms with E-state index < -0.39 is 21.7 Å². The van der Waals surface area contributed by atoms with Crippen molar-refractivity contribution in [2.45, 2.75) is 13.3 Å². The predicted molar refractivity (Wildman–Crippen MR) is 73.7 cm³/mol. The summed E-state index contributed by atoms with van der Waals surface area (Å²) in [7, 11) is -3.87. The Morgan fingerprint density at radius 3 is 2.58 bits per heavy atom. The zero-order valence-electron chi connectivity index (χ0n) is 10.3. The first-order chi connectivity index (χ1) is 8.68. The maximum atomic E-state index is 13.1. The molecular formula is C11H12FN2O3S2. The number of rotatable bonds is 4. The molecule has 1 aromatic carbocycles. The van der Waals surface area contributed by atoms with Crippen molar-refractivity contribution in [3.63, 3.8) is 0 Å². The number of carbonyl (C=O) groups is 1. The van der Waals surface area contributed by atoms with E-state index in [2.05, 4.69) is 6.07 Å². The highest BCUT2D eigenvalue weighted by molar-refractivity contribution is 7.92. The lowest BCUT2D eigenvalue weighted by Crippen LogP contribution is -2.37. The van der Waals surface area contributed by atoms with Gasteiger partial charge in [0.25, 0.3) is 0 Å². The number of carbonyl (C=O) groups excluding carboxylic acids is 1. The van der Waals surface area contributed by atoms with E-state index >= 15 is 0 Å². The van der Waals surface area contributed by atoms with Gasteiger partial charge in [0, 0.05) is 18.1 Å². The number of hydrogen-bond donors (Lipinski definition) is 1. The molecule has 0 unspecified atom stereocenters. The Bertz CT molecular complexity index is 629. The number of nitrogens with zero attached hydrogens (tertiary/aromatic N) is 1. The Labute approximate surface area is 116 Å². The number of benzene rings is 1. The number of sulfonamides is 1. The number of halogens is 1. The molecule has 0 saturated heterocycles. The Kier molecular flexibility index (Phi) is 4.59. The second-order valence-electron chi connectivity index (χ2n) is 3.72. The van der Waals surface area contributed by atoms with Crippen LogP contribution in [0.3, 0.4) is 0 Å². The van der Waals surface area contributed by atoms with Gasteiger partial charge >= 0.3 is 0 Å². The quantitative estimate of drug-likeness (QED) is 0.838. The molecular weight excluding hydrogens is 291 g/mol. The fourth-order valence-electron chi connectivity index (χ4n) is 1.46. The van der Waals surface area contributed by atoms with Gasteiger partial charge in [-0.05, 0) is 12.1 Å². The molecule has 0 aliphatic carbocycles. The molecule has 0 spiro atoms. The molecule has 1 radical (unpaired) electrons. The summed E-state index contributed by atoms with van der Waals surface area (Å²) < 4.78 is 37.1. The van der Waals surface area contributed by atoms with E-state index in [1.807, 2.05) is 0 Å². The smallest absolute Gasteiger partial charge is 0.240 e. The minimum Gasteiger partial charge on any atom is -0.389 e. The van der Waals surface area contributed by atoms with E-state index in [1.165, 1.54) is 6.92 Å². The van der Waals surface area contributed by atoms with Gasteiger partial charge in [-0.2, -0.15) is 0 Å². The molecule has 103 valence electrons. The Balaban J connectivity index is 3.56. The first kappa shape index (κ1) is 15.5. The van der Waals surface area contributed by atoms with E-state index in [9.17, 15) is 17.6 Å². The van der Waals surface area contributed by atoms with Crippen molar-refractivity contribution >= 4 is 38.8 Å². The minimum absolute atomic E-state index is 0.0292. The molecule has 2 N–H and O–H groups in total. The predicted octanol–water partition coefficient (Wildman–Crippen LogP) is 0.963. The second-order valence-corrected chi connectivity index (χ2v) is 5.99. The highest BCUT2D eigenvalue weighted by Gasteiger charge is 2.27. The van der Waals surface area contributed by atoms with Crippen molar-refractivity contribution in [1.29, 1.82) is 0 Å². The molecule has 0 aliphatic heterocycles. The zero-order chi connectivity index (χ0) is 14.8. The van der Waals surface area contributed by atoms with Gasteiger partial charge in [0.2, 0.25) is 15.9 Å². The van der Waals surface area contributed by atoms with Crippen LogP contribution in [0.4, 0.5) is 10.1 Å². The fourth-order valence-corrected chi connectivity index (χ4v) is 2.64. The number of thiocarbonyl (C=S) groups is 1. The Morgan fingerprint density at radius 2 is 2.16 bits per heavy atom. The molecule has 0 aromatic heterocycles. The highest BCUT2D eigenvalue weighted by atomic mass is 32.2. The number of nitrogens with two attached hydrogens (primary N) is 1.